The molecule has 0 saturated carbocycles. The number of nitrogens with zero attached hydrogens (tertiary/aromatic N) is 1. The Morgan fingerprint density at radius 2 is 1.94 bits per heavy atom. The molecule has 0 atom stereocenters. The molecule has 0 aliphatic heterocycles. The van der Waals surface area contributed by atoms with E-state index in [0.29, 0.717) is 5.69 Å². The molecule has 0 fully saturated rings. The summed E-state index contributed by atoms with van der Waals surface area (Å²) in [6.07, 6.45) is 1.45. The van der Waals surface area contributed by atoms with E-state index >= 15 is 0 Å². The first kappa shape index (κ1) is 11.4. The highest BCUT2D eigenvalue weighted by molar-refractivity contribution is 6.02. The highest BCUT2D eigenvalue weighted by Crippen LogP contribution is 2.18. The lowest BCUT2D eigenvalue weighted by Crippen LogP contribution is -2.29. The van der Waals surface area contributed by atoms with Gasteiger partial charge in [-0.1, -0.05) is 17.7 Å². The fourth-order valence-corrected chi connectivity index (χ4v) is 1.49. The minimum atomic E-state index is -0.332. The van der Waals surface area contributed by atoms with E-state index in [9.17, 15) is 4.79 Å². The van der Waals surface area contributed by atoms with Gasteiger partial charge < -0.3 is 4.42 Å². The van der Waals surface area contributed by atoms with Gasteiger partial charge >= 0.3 is 5.91 Å². The molecule has 0 spiro atoms. The van der Waals surface area contributed by atoms with Crippen molar-refractivity contribution in [3.05, 3.63) is 54.0 Å². The zero-order valence-electron chi connectivity index (χ0n) is 9.71. The van der Waals surface area contributed by atoms with Crippen LogP contribution < -0.4 is 5.06 Å². The fraction of sp³-hybridized carbons (Fsp3) is 0.154. The van der Waals surface area contributed by atoms with Crippen LogP contribution >= 0.6 is 0 Å². The minimum Gasteiger partial charge on any atom is -0.459 e. The van der Waals surface area contributed by atoms with E-state index in [1.54, 1.807) is 12.1 Å². The SMILES string of the molecule is CON(C(=O)c1ccco1)c1ccc(C)cc1. The number of aryl methyl sites for hydroxylation is 1. The van der Waals surface area contributed by atoms with Crippen LogP contribution in [0.2, 0.25) is 0 Å². The quantitative estimate of drug-likeness (QED) is 0.763. The lowest BCUT2D eigenvalue weighted by atomic mass is 10.2. The minimum absolute atomic E-state index is 0.243. The second kappa shape index (κ2) is 4.84. The third-order valence-corrected chi connectivity index (χ3v) is 2.37. The van der Waals surface area contributed by atoms with Crippen molar-refractivity contribution in [2.24, 2.45) is 0 Å². The zero-order chi connectivity index (χ0) is 12.3. The van der Waals surface area contributed by atoms with Crippen molar-refractivity contribution in [2.75, 3.05) is 12.2 Å². The third kappa shape index (κ3) is 2.37. The first-order valence-corrected chi connectivity index (χ1v) is 5.21. The van der Waals surface area contributed by atoms with Gasteiger partial charge in [0.1, 0.15) is 0 Å². The van der Waals surface area contributed by atoms with E-state index in [-0.39, 0.29) is 11.7 Å². The number of hydroxylamine groups is 1. The van der Waals surface area contributed by atoms with Gasteiger partial charge in [0.25, 0.3) is 0 Å². The van der Waals surface area contributed by atoms with Gasteiger partial charge in [-0.2, -0.15) is 5.06 Å². The molecule has 0 N–H and O–H groups in total. The fourth-order valence-electron chi connectivity index (χ4n) is 1.49. The summed E-state index contributed by atoms with van der Waals surface area (Å²) in [5.74, 6) is -0.0891. The van der Waals surface area contributed by atoms with E-state index in [1.165, 1.54) is 18.4 Å². The molecule has 88 valence electrons. The van der Waals surface area contributed by atoms with E-state index in [2.05, 4.69) is 0 Å². The van der Waals surface area contributed by atoms with Gasteiger partial charge in [-0.3, -0.25) is 9.63 Å². The lowest BCUT2D eigenvalue weighted by molar-refractivity contribution is 0.0745. The predicted molar refractivity (Wildman–Crippen MR) is 63.7 cm³/mol. The highest BCUT2D eigenvalue weighted by Gasteiger charge is 2.19. The maximum Gasteiger partial charge on any atom is 0.317 e. The number of hydrogen-bond donors (Lipinski definition) is 0. The molecule has 1 heterocycles. The Morgan fingerprint density at radius 3 is 2.47 bits per heavy atom. The summed E-state index contributed by atoms with van der Waals surface area (Å²) < 4.78 is 5.05. The molecule has 0 aliphatic rings. The zero-order valence-corrected chi connectivity index (χ0v) is 9.71. The molecule has 1 aromatic carbocycles. The van der Waals surface area contributed by atoms with Crippen LogP contribution in [0.25, 0.3) is 0 Å². The first-order valence-electron chi connectivity index (χ1n) is 5.21. The molecule has 1 amide bonds. The molecule has 4 nitrogen and oxygen atoms in total. The summed E-state index contributed by atoms with van der Waals surface area (Å²) in [6, 6.07) is 10.7. The Kier molecular flexibility index (Phi) is 3.25. The van der Waals surface area contributed by atoms with Gasteiger partial charge in [-0.25, -0.2) is 0 Å². The van der Waals surface area contributed by atoms with Crippen LogP contribution in [0.1, 0.15) is 16.1 Å². The van der Waals surface area contributed by atoms with Crippen LogP contribution in [0.3, 0.4) is 0 Å². The van der Waals surface area contributed by atoms with Crippen molar-refractivity contribution in [3.8, 4) is 0 Å². The Hall–Kier alpha value is -2.07. The largest absolute Gasteiger partial charge is 0.459 e. The summed E-state index contributed by atoms with van der Waals surface area (Å²) in [7, 11) is 1.45. The number of carbonyl (C=O) groups excluding carboxylic acids is 1. The molecule has 2 aromatic rings. The van der Waals surface area contributed by atoms with Crippen molar-refractivity contribution < 1.29 is 14.0 Å². The molecule has 0 bridgehead atoms. The molecule has 1 aromatic heterocycles. The second-order valence-corrected chi connectivity index (χ2v) is 3.59. The summed E-state index contributed by atoms with van der Waals surface area (Å²) in [6.45, 7) is 1.98. The third-order valence-electron chi connectivity index (χ3n) is 2.37. The topological polar surface area (TPSA) is 42.7 Å². The van der Waals surface area contributed by atoms with Gasteiger partial charge in [0.05, 0.1) is 19.1 Å². The molecule has 4 heteroatoms. The van der Waals surface area contributed by atoms with Crippen LogP contribution in [0.15, 0.2) is 47.1 Å². The van der Waals surface area contributed by atoms with E-state index < -0.39 is 0 Å². The molecule has 0 aliphatic carbocycles. The van der Waals surface area contributed by atoms with Crippen molar-refractivity contribution in [1.82, 2.24) is 0 Å². The standard InChI is InChI=1S/C13H13NO3/c1-10-5-7-11(8-6-10)14(16-2)13(15)12-4-3-9-17-12/h3-9H,1-2H3. The summed E-state index contributed by atoms with van der Waals surface area (Å²) in [5, 5.41) is 1.19. The van der Waals surface area contributed by atoms with E-state index in [0.717, 1.165) is 5.56 Å². The maximum absolute atomic E-state index is 12.0. The Bertz CT molecular complexity index is 488. The smallest absolute Gasteiger partial charge is 0.317 e. The van der Waals surface area contributed by atoms with Gasteiger partial charge in [-0.15, -0.1) is 0 Å². The molecule has 17 heavy (non-hydrogen) atoms. The van der Waals surface area contributed by atoms with Crippen LogP contribution in [-0.2, 0) is 4.84 Å². The van der Waals surface area contributed by atoms with Gasteiger partial charge in [0.15, 0.2) is 5.76 Å². The van der Waals surface area contributed by atoms with Crippen molar-refractivity contribution in [1.29, 1.82) is 0 Å². The Labute approximate surface area is 99.4 Å². The number of rotatable bonds is 3. The Balaban J connectivity index is 2.28. The molecule has 0 unspecified atom stereocenters. The predicted octanol–water partition coefficient (Wildman–Crippen LogP) is 2.80. The monoisotopic (exact) mass is 231 g/mol. The van der Waals surface area contributed by atoms with Gasteiger partial charge in [0.2, 0.25) is 0 Å². The van der Waals surface area contributed by atoms with Gasteiger partial charge in [-0.05, 0) is 31.2 Å². The molecule has 2 rings (SSSR count). The highest BCUT2D eigenvalue weighted by atomic mass is 16.7. The van der Waals surface area contributed by atoms with Crippen LogP contribution in [0.5, 0.6) is 0 Å². The molecule has 0 saturated heterocycles. The summed E-state index contributed by atoms with van der Waals surface area (Å²) in [4.78, 5) is 17.1. The molecular formula is C13H13NO3. The number of furan rings is 1. The average Bonchev–Trinajstić information content (AvgIpc) is 2.86. The van der Waals surface area contributed by atoms with E-state index in [4.69, 9.17) is 9.25 Å². The van der Waals surface area contributed by atoms with E-state index in [1.807, 2.05) is 31.2 Å². The summed E-state index contributed by atoms with van der Waals surface area (Å²) >= 11 is 0. The maximum atomic E-state index is 12.0. The first-order chi connectivity index (χ1) is 8.22. The molecule has 0 radical (unpaired) electrons. The normalized spacial score (nSPS) is 10.2. The number of hydrogen-bond acceptors (Lipinski definition) is 3. The van der Waals surface area contributed by atoms with Crippen molar-refractivity contribution >= 4 is 11.6 Å². The van der Waals surface area contributed by atoms with Crippen molar-refractivity contribution in [3.63, 3.8) is 0 Å². The molecular weight excluding hydrogens is 218 g/mol. The number of benzene rings is 1. The number of carbonyl (C=O) groups is 1. The van der Waals surface area contributed by atoms with Crippen LogP contribution in [0, 0.1) is 6.92 Å². The Morgan fingerprint density at radius 1 is 1.24 bits per heavy atom. The number of amides is 1. The van der Waals surface area contributed by atoms with Gasteiger partial charge in [0, 0.05) is 0 Å². The summed E-state index contributed by atoms with van der Waals surface area (Å²) in [5.41, 5.74) is 1.79. The average molecular weight is 231 g/mol. The van der Waals surface area contributed by atoms with Crippen molar-refractivity contribution in [2.45, 2.75) is 6.92 Å². The second-order valence-electron chi connectivity index (χ2n) is 3.59. The number of anilines is 1. The lowest BCUT2D eigenvalue weighted by Gasteiger charge is -2.18. The van der Waals surface area contributed by atoms with Crippen LogP contribution in [0.4, 0.5) is 5.69 Å². The van der Waals surface area contributed by atoms with Crippen LogP contribution in [-0.4, -0.2) is 13.0 Å².